The molecule has 0 saturated carbocycles. The third-order valence-electron chi connectivity index (χ3n) is 1.43. The number of carbonyl (C=O) groups excluding carboxylic acids is 1. The molecule has 1 heterocycles. The SMILES string of the molecule is CC1=NC(C(=O)[O-])CC1. The Bertz CT molecular complexity index is 162. The Labute approximate surface area is 53.4 Å². The molecule has 0 aliphatic carbocycles. The molecule has 0 radical (unpaired) electrons. The Balaban J connectivity index is 2.57. The Hall–Kier alpha value is -0.860. The van der Waals surface area contributed by atoms with Crippen molar-refractivity contribution >= 4 is 11.7 Å². The maximum Gasteiger partial charge on any atom is 0.0895 e. The maximum absolute atomic E-state index is 10.1. The van der Waals surface area contributed by atoms with Crippen LogP contribution in [0.3, 0.4) is 0 Å². The van der Waals surface area contributed by atoms with Crippen molar-refractivity contribution in [1.29, 1.82) is 0 Å². The molecular weight excluding hydrogens is 118 g/mol. The van der Waals surface area contributed by atoms with E-state index in [2.05, 4.69) is 4.99 Å². The third-order valence-corrected chi connectivity index (χ3v) is 1.43. The van der Waals surface area contributed by atoms with Gasteiger partial charge in [0, 0.05) is 5.71 Å². The number of aliphatic imine (C=N–C) groups is 1. The van der Waals surface area contributed by atoms with Crippen molar-refractivity contribution in [1.82, 2.24) is 0 Å². The van der Waals surface area contributed by atoms with E-state index in [1.807, 2.05) is 6.92 Å². The van der Waals surface area contributed by atoms with Gasteiger partial charge in [0.1, 0.15) is 0 Å². The fourth-order valence-corrected chi connectivity index (χ4v) is 0.911. The Morgan fingerprint density at radius 3 is 2.78 bits per heavy atom. The van der Waals surface area contributed by atoms with Gasteiger partial charge in [-0.05, 0) is 19.8 Å². The zero-order valence-electron chi connectivity index (χ0n) is 5.26. The number of nitrogens with zero attached hydrogens (tertiary/aromatic N) is 1. The molecule has 0 aromatic heterocycles. The topological polar surface area (TPSA) is 52.5 Å². The molecule has 0 saturated heterocycles. The minimum absolute atomic E-state index is 0.565. The van der Waals surface area contributed by atoms with E-state index < -0.39 is 12.0 Å². The zero-order valence-corrected chi connectivity index (χ0v) is 5.26. The molecular formula is C6H8NO2-. The van der Waals surface area contributed by atoms with Crippen LogP contribution < -0.4 is 5.11 Å². The monoisotopic (exact) mass is 126 g/mol. The van der Waals surface area contributed by atoms with Crippen LogP contribution >= 0.6 is 0 Å². The highest BCUT2D eigenvalue weighted by atomic mass is 16.4. The summed E-state index contributed by atoms with van der Waals surface area (Å²) in [6, 6.07) is -0.565. The second kappa shape index (κ2) is 2.17. The highest BCUT2D eigenvalue weighted by Crippen LogP contribution is 2.11. The van der Waals surface area contributed by atoms with E-state index in [4.69, 9.17) is 0 Å². The van der Waals surface area contributed by atoms with E-state index in [0.717, 1.165) is 12.1 Å². The molecule has 0 bridgehead atoms. The van der Waals surface area contributed by atoms with Crippen molar-refractivity contribution in [2.75, 3.05) is 0 Å². The van der Waals surface area contributed by atoms with Crippen LogP contribution in [0, 0.1) is 0 Å². The average Bonchev–Trinajstić information content (AvgIpc) is 2.14. The average molecular weight is 126 g/mol. The van der Waals surface area contributed by atoms with Crippen LogP contribution in [-0.4, -0.2) is 17.7 Å². The van der Waals surface area contributed by atoms with E-state index >= 15 is 0 Å². The van der Waals surface area contributed by atoms with Crippen LogP contribution in [0.25, 0.3) is 0 Å². The molecule has 3 nitrogen and oxygen atoms in total. The van der Waals surface area contributed by atoms with Gasteiger partial charge in [-0.3, -0.25) is 4.99 Å². The number of aliphatic carboxylic acids is 1. The largest absolute Gasteiger partial charge is 0.548 e. The van der Waals surface area contributed by atoms with Crippen LogP contribution in [0.15, 0.2) is 4.99 Å². The van der Waals surface area contributed by atoms with Crippen molar-refractivity contribution < 1.29 is 9.90 Å². The van der Waals surface area contributed by atoms with Crippen LogP contribution in [0.2, 0.25) is 0 Å². The van der Waals surface area contributed by atoms with E-state index in [1.165, 1.54) is 0 Å². The number of carboxylic acids is 1. The molecule has 1 aliphatic heterocycles. The summed E-state index contributed by atoms with van der Waals surface area (Å²) in [6.45, 7) is 1.84. The van der Waals surface area contributed by atoms with Crippen molar-refractivity contribution in [3.63, 3.8) is 0 Å². The summed E-state index contributed by atoms with van der Waals surface area (Å²) in [7, 11) is 0. The van der Waals surface area contributed by atoms with Gasteiger partial charge in [0.15, 0.2) is 0 Å². The molecule has 1 aliphatic rings. The highest BCUT2D eigenvalue weighted by molar-refractivity contribution is 5.88. The number of hydrogen-bond acceptors (Lipinski definition) is 3. The molecule has 9 heavy (non-hydrogen) atoms. The Kier molecular flexibility index (Phi) is 1.51. The second-order valence-electron chi connectivity index (χ2n) is 2.24. The molecule has 0 aromatic rings. The second-order valence-corrected chi connectivity index (χ2v) is 2.24. The molecule has 0 spiro atoms. The van der Waals surface area contributed by atoms with Crippen LogP contribution in [0.5, 0.6) is 0 Å². The lowest BCUT2D eigenvalue weighted by Crippen LogP contribution is -2.32. The maximum atomic E-state index is 10.1. The summed E-state index contributed by atoms with van der Waals surface area (Å²) in [6.07, 6.45) is 1.42. The molecule has 0 amide bonds. The van der Waals surface area contributed by atoms with Gasteiger partial charge in [-0.25, -0.2) is 0 Å². The molecule has 3 heteroatoms. The summed E-state index contributed by atoms with van der Waals surface area (Å²) in [4.78, 5) is 14.0. The highest BCUT2D eigenvalue weighted by Gasteiger charge is 2.14. The smallest absolute Gasteiger partial charge is 0.0895 e. The van der Waals surface area contributed by atoms with Gasteiger partial charge in [-0.2, -0.15) is 0 Å². The van der Waals surface area contributed by atoms with Gasteiger partial charge in [0.05, 0.1) is 12.0 Å². The van der Waals surface area contributed by atoms with Crippen molar-refractivity contribution in [2.45, 2.75) is 25.8 Å². The van der Waals surface area contributed by atoms with E-state index in [9.17, 15) is 9.90 Å². The Morgan fingerprint density at radius 2 is 2.56 bits per heavy atom. The normalized spacial score (nSPS) is 25.9. The van der Waals surface area contributed by atoms with E-state index in [1.54, 1.807) is 0 Å². The van der Waals surface area contributed by atoms with Crippen molar-refractivity contribution in [2.24, 2.45) is 4.99 Å². The number of rotatable bonds is 1. The lowest BCUT2D eigenvalue weighted by molar-refractivity contribution is -0.307. The first-order valence-corrected chi connectivity index (χ1v) is 2.94. The van der Waals surface area contributed by atoms with Gasteiger partial charge >= 0.3 is 0 Å². The van der Waals surface area contributed by atoms with Gasteiger partial charge in [0.25, 0.3) is 0 Å². The predicted molar refractivity (Wildman–Crippen MR) is 31.1 cm³/mol. The summed E-state index contributed by atoms with van der Waals surface area (Å²) in [5.41, 5.74) is 0.921. The van der Waals surface area contributed by atoms with Crippen LogP contribution in [0.4, 0.5) is 0 Å². The fraction of sp³-hybridized carbons (Fsp3) is 0.667. The molecule has 0 fully saturated rings. The molecule has 1 unspecified atom stereocenters. The predicted octanol–water partition coefficient (Wildman–Crippen LogP) is -0.640. The molecule has 50 valence electrons. The molecule has 0 aromatic carbocycles. The first-order chi connectivity index (χ1) is 4.20. The molecule has 1 rings (SSSR count). The molecule has 1 atom stereocenters. The standard InChI is InChI=1S/C6H9NO2/c1-4-2-3-5(7-4)6(8)9/h5H,2-3H2,1H3,(H,8,9)/p-1. The zero-order chi connectivity index (χ0) is 6.85. The Morgan fingerprint density at radius 1 is 1.89 bits per heavy atom. The fourth-order valence-electron chi connectivity index (χ4n) is 0.911. The van der Waals surface area contributed by atoms with Gasteiger partial charge in [-0.1, -0.05) is 0 Å². The first kappa shape index (κ1) is 6.26. The number of hydrogen-bond donors (Lipinski definition) is 0. The summed E-state index contributed by atoms with van der Waals surface area (Å²) in [5.74, 6) is -1.05. The van der Waals surface area contributed by atoms with Crippen LogP contribution in [-0.2, 0) is 4.79 Å². The van der Waals surface area contributed by atoms with Gasteiger partial charge < -0.3 is 9.90 Å². The minimum Gasteiger partial charge on any atom is -0.548 e. The summed E-state index contributed by atoms with van der Waals surface area (Å²) < 4.78 is 0. The number of carboxylic acid groups (broad SMARTS) is 1. The molecule has 0 N–H and O–H groups in total. The quantitative estimate of drug-likeness (QED) is 0.469. The van der Waals surface area contributed by atoms with Crippen LogP contribution in [0.1, 0.15) is 19.8 Å². The van der Waals surface area contributed by atoms with Gasteiger partial charge in [-0.15, -0.1) is 0 Å². The lowest BCUT2D eigenvalue weighted by Gasteiger charge is -2.04. The lowest BCUT2D eigenvalue weighted by atomic mass is 10.2. The van der Waals surface area contributed by atoms with Crippen molar-refractivity contribution in [3.8, 4) is 0 Å². The van der Waals surface area contributed by atoms with Crippen molar-refractivity contribution in [3.05, 3.63) is 0 Å². The number of carbonyl (C=O) groups is 1. The first-order valence-electron chi connectivity index (χ1n) is 2.94. The summed E-state index contributed by atoms with van der Waals surface area (Å²) in [5, 5.41) is 10.1. The van der Waals surface area contributed by atoms with E-state index in [-0.39, 0.29) is 0 Å². The van der Waals surface area contributed by atoms with Gasteiger partial charge in [0.2, 0.25) is 0 Å². The minimum atomic E-state index is -1.05. The third kappa shape index (κ3) is 1.28. The summed E-state index contributed by atoms with van der Waals surface area (Å²) >= 11 is 0. The van der Waals surface area contributed by atoms with E-state index in [0.29, 0.717) is 6.42 Å².